The van der Waals surface area contributed by atoms with Crippen LogP contribution < -0.4 is 0 Å². The molecule has 0 saturated carbocycles. The van der Waals surface area contributed by atoms with E-state index >= 15 is 0 Å². The van der Waals surface area contributed by atoms with E-state index in [0.717, 1.165) is 0 Å². The number of halogens is 2. The van der Waals surface area contributed by atoms with Crippen LogP contribution in [0.4, 0.5) is 0 Å². The molecule has 0 amide bonds. The lowest BCUT2D eigenvalue weighted by Gasteiger charge is -2.03. The van der Waals surface area contributed by atoms with Crippen LogP contribution in [0.5, 0.6) is 0 Å². The molecule has 0 fully saturated rings. The first-order chi connectivity index (χ1) is 7.24. The molecule has 0 unspecified atom stereocenters. The van der Waals surface area contributed by atoms with Gasteiger partial charge >= 0.3 is 0 Å². The van der Waals surface area contributed by atoms with Gasteiger partial charge in [0.05, 0.1) is 16.8 Å². The highest BCUT2D eigenvalue weighted by molar-refractivity contribution is 9.10. The first-order valence-electron chi connectivity index (χ1n) is 4.16. The molecule has 1 aromatic carbocycles. The van der Waals surface area contributed by atoms with Crippen molar-refractivity contribution in [1.82, 2.24) is 0 Å². The Kier molecular flexibility index (Phi) is 2.81. The van der Waals surface area contributed by atoms with E-state index < -0.39 is 0 Å². The maximum Gasteiger partial charge on any atom is 0.135 e. The van der Waals surface area contributed by atoms with Crippen LogP contribution in [0.15, 0.2) is 39.4 Å². The SMILES string of the molecule is N#Cc1c(-c2ccco2)ccc(Br)c1Cl. The Labute approximate surface area is 100 Å². The van der Waals surface area contributed by atoms with Crippen LogP contribution >= 0.6 is 27.5 Å². The molecule has 2 nitrogen and oxygen atoms in total. The highest BCUT2D eigenvalue weighted by Crippen LogP contribution is 2.33. The standard InChI is InChI=1S/C11H5BrClNO/c12-9-4-3-7(8(6-14)11(9)13)10-2-1-5-15-10/h1-5H. The van der Waals surface area contributed by atoms with Gasteiger partial charge in [0, 0.05) is 10.0 Å². The Morgan fingerprint density at radius 1 is 1.33 bits per heavy atom. The predicted molar refractivity (Wildman–Crippen MR) is 61.6 cm³/mol. The van der Waals surface area contributed by atoms with Crippen LogP contribution in [0.1, 0.15) is 5.56 Å². The maximum absolute atomic E-state index is 9.03. The molecule has 0 aliphatic carbocycles. The van der Waals surface area contributed by atoms with Gasteiger partial charge in [-0.05, 0) is 40.2 Å². The number of rotatable bonds is 1. The number of benzene rings is 1. The van der Waals surface area contributed by atoms with Gasteiger partial charge in [0.2, 0.25) is 0 Å². The number of hydrogen-bond donors (Lipinski definition) is 0. The second-order valence-electron chi connectivity index (χ2n) is 2.87. The Morgan fingerprint density at radius 3 is 2.73 bits per heavy atom. The van der Waals surface area contributed by atoms with E-state index in [0.29, 0.717) is 26.4 Å². The topological polar surface area (TPSA) is 36.9 Å². The summed E-state index contributed by atoms with van der Waals surface area (Å²) in [5, 5.41) is 9.43. The molecule has 0 radical (unpaired) electrons. The lowest BCUT2D eigenvalue weighted by molar-refractivity contribution is 0.582. The second kappa shape index (κ2) is 4.09. The largest absolute Gasteiger partial charge is 0.464 e. The number of furan rings is 1. The van der Waals surface area contributed by atoms with Crippen molar-refractivity contribution in [1.29, 1.82) is 5.26 Å². The minimum atomic E-state index is 0.409. The summed E-state index contributed by atoms with van der Waals surface area (Å²) < 4.78 is 5.94. The summed E-state index contributed by atoms with van der Waals surface area (Å²) >= 11 is 9.28. The molecule has 2 aromatic rings. The van der Waals surface area contributed by atoms with Gasteiger partial charge in [0.15, 0.2) is 0 Å². The second-order valence-corrected chi connectivity index (χ2v) is 4.11. The Hall–Kier alpha value is -1.24. The third kappa shape index (κ3) is 1.79. The van der Waals surface area contributed by atoms with E-state index in [9.17, 15) is 0 Å². The minimum absolute atomic E-state index is 0.409. The van der Waals surface area contributed by atoms with Crippen LogP contribution in [0.2, 0.25) is 5.02 Å². The van der Waals surface area contributed by atoms with E-state index in [1.54, 1.807) is 30.5 Å². The van der Waals surface area contributed by atoms with Crippen LogP contribution in [0.25, 0.3) is 11.3 Å². The minimum Gasteiger partial charge on any atom is -0.464 e. The van der Waals surface area contributed by atoms with E-state index in [2.05, 4.69) is 22.0 Å². The van der Waals surface area contributed by atoms with Crippen LogP contribution in [-0.4, -0.2) is 0 Å². The quantitative estimate of drug-likeness (QED) is 0.784. The zero-order chi connectivity index (χ0) is 10.8. The molecule has 0 aliphatic heterocycles. The molecular weight excluding hydrogens is 277 g/mol. The van der Waals surface area contributed by atoms with Crippen LogP contribution in [0.3, 0.4) is 0 Å². The van der Waals surface area contributed by atoms with Gasteiger partial charge in [0.25, 0.3) is 0 Å². The molecule has 0 atom stereocenters. The predicted octanol–water partition coefficient (Wildman–Crippen LogP) is 4.23. The lowest BCUT2D eigenvalue weighted by atomic mass is 10.1. The summed E-state index contributed by atoms with van der Waals surface area (Å²) in [5.41, 5.74) is 1.12. The van der Waals surface area contributed by atoms with E-state index in [1.807, 2.05) is 0 Å². The fourth-order valence-electron chi connectivity index (χ4n) is 1.30. The van der Waals surface area contributed by atoms with Crippen LogP contribution in [0, 0.1) is 11.3 Å². The van der Waals surface area contributed by atoms with E-state index in [4.69, 9.17) is 21.3 Å². The van der Waals surface area contributed by atoms with Gasteiger partial charge in [-0.25, -0.2) is 0 Å². The molecule has 0 N–H and O–H groups in total. The zero-order valence-electron chi connectivity index (χ0n) is 7.50. The summed E-state index contributed by atoms with van der Waals surface area (Å²) in [4.78, 5) is 0. The molecule has 0 saturated heterocycles. The molecule has 4 heteroatoms. The van der Waals surface area contributed by atoms with Gasteiger partial charge in [-0.3, -0.25) is 0 Å². The van der Waals surface area contributed by atoms with Crippen molar-refractivity contribution in [3.05, 3.63) is 45.6 Å². The third-order valence-corrected chi connectivity index (χ3v) is 3.27. The average molecular weight is 283 g/mol. The molecular formula is C11H5BrClNO. The van der Waals surface area contributed by atoms with Crippen molar-refractivity contribution in [2.75, 3.05) is 0 Å². The molecule has 0 aliphatic rings. The molecule has 15 heavy (non-hydrogen) atoms. The third-order valence-electron chi connectivity index (χ3n) is 1.99. The zero-order valence-corrected chi connectivity index (χ0v) is 9.84. The van der Waals surface area contributed by atoms with Crippen molar-refractivity contribution in [2.24, 2.45) is 0 Å². The molecule has 1 aromatic heterocycles. The highest BCUT2D eigenvalue weighted by atomic mass is 79.9. The van der Waals surface area contributed by atoms with Crippen molar-refractivity contribution in [2.45, 2.75) is 0 Å². The summed E-state index contributed by atoms with van der Waals surface area (Å²) in [6.07, 6.45) is 1.56. The van der Waals surface area contributed by atoms with E-state index in [1.165, 1.54) is 0 Å². The highest BCUT2D eigenvalue weighted by Gasteiger charge is 2.13. The van der Waals surface area contributed by atoms with Gasteiger partial charge in [-0.2, -0.15) is 5.26 Å². The number of nitrogens with zero attached hydrogens (tertiary/aromatic N) is 1. The van der Waals surface area contributed by atoms with Gasteiger partial charge in [-0.1, -0.05) is 11.6 Å². The monoisotopic (exact) mass is 281 g/mol. The summed E-state index contributed by atoms with van der Waals surface area (Å²) in [5.74, 6) is 0.640. The first kappa shape index (κ1) is 10.3. The number of hydrogen-bond acceptors (Lipinski definition) is 2. The smallest absolute Gasteiger partial charge is 0.135 e. The van der Waals surface area contributed by atoms with Gasteiger partial charge in [0.1, 0.15) is 11.8 Å². The summed E-state index contributed by atoms with van der Waals surface area (Å²) in [7, 11) is 0. The van der Waals surface area contributed by atoms with Gasteiger partial charge < -0.3 is 4.42 Å². The van der Waals surface area contributed by atoms with Crippen molar-refractivity contribution < 1.29 is 4.42 Å². The molecule has 0 spiro atoms. The average Bonchev–Trinajstić information content (AvgIpc) is 2.75. The van der Waals surface area contributed by atoms with Gasteiger partial charge in [-0.15, -0.1) is 0 Å². The molecule has 2 rings (SSSR count). The van der Waals surface area contributed by atoms with Crippen molar-refractivity contribution >= 4 is 27.5 Å². The van der Waals surface area contributed by atoms with E-state index in [-0.39, 0.29) is 0 Å². The summed E-state index contributed by atoms with van der Waals surface area (Å²) in [6.45, 7) is 0. The molecule has 1 heterocycles. The maximum atomic E-state index is 9.03. The Bertz CT molecular complexity index is 528. The Balaban J connectivity index is 2.69. The molecule has 0 bridgehead atoms. The lowest BCUT2D eigenvalue weighted by Crippen LogP contribution is -1.85. The normalized spacial score (nSPS) is 9.93. The number of nitriles is 1. The van der Waals surface area contributed by atoms with Crippen LogP contribution in [-0.2, 0) is 0 Å². The fourth-order valence-corrected chi connectivity index (χ4v) is 1.83. The Morgan fingerprint density at radius 2 is 2.13 bits per heavy atom. The van der Waals surface area contributed by atoms with Crippen molar-refractivity contribution in [3.63, 3.8) is 0 Å². The first-order valence-corrected chi connectivity index (χ1v) is 5.33. The summed E-state index contributed by atoms with van der Waals surface area (Å²) in [6, 6.07) is 9.23. The van der Waals surface area contributed by atoms with Crippen molar-refractivity contribution in [3.8, 4) is 17.4 Å². The fraction of sp³-hybridized carbons (Fsp3) is 0. The molecule has 74 valence electrons.